The molecule has 1 aliphatic carbocycles. The van der Waals surface area contributed by atoms with E-state index in [2.05, 4.69) is 0 Å². The third-order valence-corrected chi connectivity index (χ3v) is 3.43. The van der Waals surface area contributed by atoms with Crippen LogP contribution in [0.1, 0.15) is 29.6 Å². The highest BCUT2D eigenvalue weighted by Crippen LogP contribution is 2.26. The van der Waals surface area contributed by atoms with Gasteiger partial charge in [-0.15, -0.1) is 0 Å². The van der Waals surface area contributed by atoms with Crippen molar-refractivity contribution in [3.05, 3.63) is 29.8 Å². The molecule has 0 aromatic heterocycles. The molecule has 98 valence electrons. The maximum absolute atomic E-state index is 12.4. The number of nitrogens with zero attached hydrogens (tertiary/aromatic N) is 1. The molecule has 0 heterocycles. The smallest absolute Gasteiger partial charge is 0.254 e. The highest BCUT2D eigenvalue weighted by molar-refractivity contribution is 5.94. The second-order valence-electron chi connectivity index (χ2n) is 4.54. The van der Waals surface area contributed by atoms with Crippen LogP contribution in [0.2, 0.25) is 0 Å². The average Bonchev–Trinajstić information content (AvgIpc) is 2.35. The van der Waals surface area contributed by atoms with Gasteiger partial charge in [-0.2, -0.15) is 0 Å². The number of amides is 1. The number of hydrogen-bond donors (Lipinski definition) is 1. The zero-order valence-electron chi connectivity index (χ0n) is 10.6. The molecule has 0 radical (unpaired) electrons. The summed E-state index contributed by atoms with van der Waals surface area (Å²) in [5.74, 6) is 0.658. The SMILES string of the molecule is COc1cccc(C(=O)N(CCO)C2CCC2)c1. The molecule has 0 unspecified atom stereocenters. The van der Waals surface area contributed by atoms with Crippen LogP contribution in [0.15, 0.2) is 24.3 Å². The van der Waals surface area contributed by atoms with Gasteiger partial charge in [0, 0.05) is 18.2 Å². The van der Waals surface area contributed by atoms with Crippen molar-refractivity contribution in [2.24, 2.45) is 0 Å². The number of methoxy groups -OCH3 is 1. The third-order valence-electron chi connectivity index (χ3n) is 3.43. The Hall–Kier alpha value is -1.55. The van der Waals surface area contributed by atoms with Crippen LogP contribution in [-0.4, -0.2) is 42.2 Å². The van der Waals surface area contributed by atoms with E-state index in [-0.39, 0.29) is 18.6 Å². The van der Waals surface area contributed by atoms with Gasteiger partial charge in [0.1, 0.15) is 5.75 Å². The van der Waals surface area contributed by atoms with E-state index in [0.29, 0.717) is 17.9 Å². The highest BCUT2D eigenvalue weighted by Gasteiger charge is 2.28. The van der Waals surface area contributed by atoms with E-state index >= 15 is 0 Å². The van der Waals surface area contributed by atoms with E-state index in [1.807, 2.05) is 12.1 Å². The molecule has 1 amide bonds. The van der Waals surface area contributed by atoms with Crippen LogP contribution in [0.5, 0.6) is 5.75 Å². The summed E-state index contributed by atoms with van der Waals surface area (Å²) in [4.78, 5) is 14.2. The minimum absolute atomic E-state index is 0.00616. The Balaban J connectivity index is 2.15. The molecule has 0 saturated heterocycles. The number of benzene rings is 1. The number of carbonyl (C=O) groups excluding carboxylic acids is 1. The molecular weight excluding hydrogens is 230 g/mol. The number of hydrogen-bond acceptors (Lipinski definition) is 3. The summed E-state index contributed by atoms with van der Waals surface area (Å²) < 4.78 is 5.13. The summed E-state index contributed by atoms with van der Waals surface area (Å²) in [6.45, 7) is 0.410. The van der Waals surface area contributed by atoms with Gasteiger partial charge in [0.15, 0.2) is 0 Å². The van der Waals surface area contributed by atoms with Crippen molar-refractivity contribution in [3.8, 4) is 5.75 Å². The Morgan fingerprint density at radius 3 is 2.83 bits per heavy atom. The van der Waals surface area contributed by atoms with Gasteiger partial charge in [-0.25, -0.2) is 0 Å². The molecule has 1 saturated carbocycles. The van der Waals surface area contributed by atoms with E-state index in [1.165, 1.54) is 0 Å². The monoisotopic (exact) mass is 249 g/mol. The molecule has 4 nitrogen and oxygen atoms in total. The van der Waals surface area contributed by atoms with Crippen molar-refractivity contribution in [2.45, 2.75) is 25.3 Å². The van der Waals surface area contributed by atoms with Crippen LogP contribution >= 0.6 is 0 Å². The van der Waals surface area contributed by atoms with Gasteiger partial charge in [-0.1, -0.05) is 6.07 Å². The van der Waals surface area contributed by atoms with Crippen molar-refractivity contribution in [1.82, 2.24) is 4.90 Å². The zero-order chi connectivity index (χ0) is 13.0. The number of carbonyl (C=O) groups is 1. The second-order valence-corrected chi connectivity index (χ2v) is 4.54. The summed E-state index contributed by atoms with van der Waals surface area (Å²) >= 11 is 0. The predicted molar refractivity (Wildman–Crippen MR) is 68.8 cm³/mol. The molecular formula is C14H19NO3. The molecule has 4 heteroatoms. The van der Waals surface area contributed by atoms with Crippen molar-refractivity contribution in [2.75, 3.05) is 20.3 Å². The molecule has 1 aromatic rings. The van der Waals surface area contributed by atoms with Crippen LogP contribution in [-0.2, 0) is 0 Å². The predicted octanol–water partition coefficient (Wildman–Crippen LogP) is 1.68. The van der Waals surface area contributed by atoms with E-state index in [1.54, 1.807) is 24.1 Å². The fraction of sp³-hybridized carbons (Fsp3) is 0.500. The highest BCUT2D eigenvalue weighted by atomic mass is 16.5. The van der Waals surface area contributed by atoms with Gasteiger partial charge in [-0.05, 0) is 37.5 Å². The largest absolute Gasteiger partial charge is 0.497 e. The van der Waals surface area contributed by atoms with Crippen LogP contribution in [0.4, 0.5) is 0 Å². The van der Waals surface area contributed by atoms with E-state index in [0.717, 1.165) is 19.3 Å². The quantitative estimate of drug-likeness (QED) is 0.863. The molecule has 1 aromatic carbocycles. The Morgan fingerprint density at radius 1 is 1.50 bits per heavy atom. The molecule has 0 spiro atoms. The molecule has 1 aliphatic rings. The van der Waals surface area contributed by atoms with Crippen molar-refractivity contribution >= 4 is 5.91 Å². The van der Waals surface area contributed by atoms with Crippen molar-refractivity contribution in [3.63, 3.8) is 0 Å². The molecule has 18 heavy (non-hydrogen) atoms. The molecule has 0 aliphatic heterocycles. The van der Waals surface area contributed by atoms with Gasteiger partial charge in [0.2, 0.25) is 0 Å². The van der Waals surface area contributed by atoms with Gasteiger partial charge < -0.3 is 14.7 Å². The maximum atomic E-state index is 12.4. The normalized spacial score (nSPS) is 15.0. The first-order chi connectivity index (χ1) is 8.76. The third kappa shape index (κ3) is 2.64. The first kappa shape index (κ1) is 12.9. The Morgan fingerprint density at radius 2 is 2.28 bits per heavy atom. The summed E-state index contributed by atoms with van der Waals surface area (Å²) in [7, 11) is 1.58. The summed E-state index contributed by atoms with van der Waals surface area (Å²) in [6.07, 6.45) is 3.24. The van der Waals surface area contributed by atoms with E-state index in [4.69, 9.17) is 9.84 Å². The molecule has 1 fully saturated rings. The lowest BCUT2D eigenvalue weighted by Gasteiger charge is -2.37. The molecule has 2 rings (SSSR count). The van der Waals surface area contributed by atoms with Gasteiger partial charge >= 0.3 is 0 Å². The Bertz CT molecular complexity index is 415. The minimum Gasteiger partial charge on any atom is -0.497 e. The van der Waals surface area contributed by atoms with Gasteiger partial charge in [0.25, 0.3) is 5.91 Å². The fourth-order valence-electron chi connectivity index (χ4n) is 2.18. The first-order valence-corrected chi connectivity index (χ1v) is 6.32. The minimum atomic E-state index is -0.0207. The molecule has 1 N–H and O–H groups in total. The van der Waals surface area contributed by atoms with Crippen LogP contribution in [0, 0.1) is 0 Å². The summed E-state index contributed by atoms with van der Waals surface area (Å²) in [5, 5.41) is 9.08. The fourth-order valence-corrected chi connectivity index (χ4v) is 2.18. The number of ether oxygens (including phenoxy) is 1. The molecule has 0 atom stereocenters. The maximum Gasteiger partial charge on any atom is 0.254 e. The number of aliphatic hydroxyl groups excluding tert-OH is 1. The summed E-state index contributed by atoms with van der Waals surface area (Å²) in [6, 6.07) is 7.44. The first-order valence-electron chi connectivity index (χ1n) is 6.32. The lowest BCUT2D eigenvalue weighted by atomic mass is 9.91. The molecule has 0 bridgehead atoms. The van der Waals surface area contributed by atoms with Gasteiger partial charge in [-0.3, -0.25) is 4.79 Å². The van der Waals surface area contributed by atoms with Crippen molar-refractivity contribution in [1.29, 1.82) is 0 Å². The summed E-state index contributed by atoms with van der Waals surface area (Å²) in [5.41, 5.74) is 0.620. The number of aliphatic hydroxyl groups is 1. The lowest BCUT2D eigenvalue weighted by Crippen LogP contribution is -2.45. The average molecular weight is 249 g/mol. The van der Waals surface area contributed by atoms with E-state index < -0.39 is 0 Å². The topological polar surface area (TPSA) is 49.8 Å². The van der Waals surface area contributed by atoms with Crippen LogP contribution in [0.3, 0.4) is 0 Å². The Labute approximate surface area is 107 Å². The van der Waals surface area contributed by atoms with E-state index in [9.17, 15) is 4.79 Å². The van der Waals surface area contributed by atoms with Crippen LogP contribution < -0.4 is 4.74 Å². The zero-order valence-corrected chi connectivity index (χ0v) is 10.6. The van der Waals surface area contributed by atoms with Gasteiger partial charge in [0.05, 0.1) is 13.7 Å². The second kappa shape index (κ2) is 5.87. The lowest BCUT2D eigenvalue weighted by molar-refractivity contribution is 0.0525. The van der Waals surface area contributed by atoms with Crippen molar-refractivity contribution < 1.29 is 14.6 Å². The van der Waals surface area contributed by atoms with Crippen LogP contribution in [0.25, 0.3) is 0 Å². The Kier molecular flexibility index (Phi) is 4.20. The number of rotatable bonds is 5. The standard InChI is InChI=1S/C14H19NO3/c1-18-13-7-2-4-11(10-13)14(17)15(8-9-16)12-5-3-6-12/h2,4,7,10,12,16H,3,5-6,8-9H2,1H3.